The normalized spacial score (nSPS) is 11.3. The Kier molecular flexibility index (Phi) is 4.76. The fourth-order valence-electron chi connectivity index (χ4n) is 3.16. The summed E-state index contributed by atoms with van der Waals surface area (Å²) in [6.45, 7) is 6.80. The lowest BCUT2D eigenvalue weighted by Gasteiger charge is -2.11. The summed E-state index contributed by atoms with van der Waals surface area (Å²) in [5.74, 6) is 0.671. The molecule has 1 heteroatoms. The van der Waals surface area contributed by atoms with Crippen molar-refractivity contribution in [2.45, 2.75) is 40.0 Å². The number of fused-ring (bicyclic) bond motifs is 1. The van der Waals surface area contributed by atoms with E-state index in [0.29, 0.717) is 5.92 Å². The van der Waals surface area contributed by atoms with Crippen molar-refractivity contribution in [3.05, 3.63) is 65.7 Å². The molecular formula is C22H25N. The lowest BCUT2D eigenvalue weighted by atomic mass is 9.95. The molecule has 0 aliphatic heterocycles. The molecule has 1 nitrogen and oxygen atoms in total. The van der Waals surface area contributed by atoms with Gasteiger partial charge < -0.3 is 0 Å². The molecule has 1 aromatic heterocycles. The summed E-state index contributed by atoms with van der Waals surface area (Å²) in [4.78, 5) is 4.87. The topological polar surface area (TPSA) is 12.9 Å². The van der Waals surface area contributed by atoms with Gasteiger partial charge in [0.2, 0.25) is 0 Å². The van der Waals surface area contributed by atoms with Crippen molar-refractivity contribution >= 4 is 10.9 Å². The molecule has 0 aliphatic rings. The smallest absolute Gasteiger partial charge is 0.0709 e. The molecule has 2 aromatic carbocycles. The van der Waals surface area contributed by atoms with E-state index in [1.165, 1.54) is 28.5 Å². The quantitative estimate of drug-likeness (QED) is 0.559. The van der Waals surface area contributed by atoms with Gasteiger partial charge in [0.05, 0.1) is 11.2 Å². The van der Waals surface area contributed by atoms with E-state index in [-0.39, 0.29) is 0 Å². The van der Waals surface area contributed by atoms with Gasteiger partial charge in [-0.1, -0.05) is 57.5 Å². The van der Waals surface area contributed by atoms with E-state index in [4.69, 9.17) is 4.98 Å². The molecule has 118 valence electrons. The molecule has 0 N–H and O–H groups in total. The Morgan fingerprint density at radius 2 is 1.70 bits per heavy atom. The van der Waals surface area contributed by atoms with Gasteiger partial charge in [-0.3, -0.25) is 0 Å². The number of aromatic nitrogens is 1. The molecule has 0 saturated carbocycles. The zero-order valence-electron chi connectivity index (χ0n) is 14.3. The van der Waals surface area contributed by atoms with Crippen LogP contribution in [-0.2, 0) is 12.8 Å². The van der Waals surface area contributed by atoms with Crippen LogP contribution in [0, 0.1) is 5.92 Å². The van der Waals surface area contributed by atoms with Crippen LogP contribution in [0.15, 0.2) is 54.6 Å². The van der Waals surface area contributed by atoms with Crippen molar-refractivity contribution in [3.63, 3.8) is 0 Å². The number of nitrogens with zero attached hydrogens (tertiary/aromatic N) is 1. The Bertz CT molecular complexity index is 802. The van der Waals surface area contributed by atoms with Gasteiger partial charge in [-0.05, 0) is 54.2 Å². The Labute approximate surface area is 139 Å². The first-order valence-electron chi connectivity index (χ1n) is 8.64. The van der Waals surface area contributed by atoms with Gasteiger partial charge in [-0.2, -0.15) is 0 Å². The minimum absolute atomic E-state index is 0.671. The van der Waals surface area contributed by atoms with Crippen molar-refractivity contribution in [1.82, 2.24) is 4.98 Å². The van der Waals surface area contributed by atoms with E-state index >= 15 is 0 Å². The third kappa shape index (κ3) is 3.79. The second-order valence-corrected chi connectivity index (χ2v) is 6.78. The van der Waals surface area contributed by atoms with Crippen LogP contribution in [-0.4, -0.2) is 4.98 Å². The summed E-state index contributed by atoms with van der Waals surface area (Å²) in [5.41, 5.74) is 6.24. The number of benzene rings is 2. The number of hydrogen-bond donors (Lipinski definition) is 0. The number of rotatable bonds is 5. The Morgan fingerprint density at radius 3 is 2.48 bits per heavy atom. The van der Waals surface area contributed by atoms with Gasteiger partial charge in [0, 0.05) is 10.9 Å². The van der Waals surface area contributed by atoms with Crippen LogP contribution in [0.1, 0.15) is 38.3 Å². The molecule has 0 spiro atoms. The van der Waals surface area contributed by atoms with E-state index in [9.17, 15) is 0 Å². The van der Waals surface area contributed by atoms with E-state index < -0.39 is 0 Å². The van der Waals surface area contributed by atoms with Crippen molar-refractivity contribution in [1.29, 1.82) is 0 Å². The van der Waals surface area contributed by atoms with E-state index in [2.05, 4.69) is 75.4 Å². The maximum atomic E-state index is 4.87. The highest BCUT2D eigenvalue weighted by Crippen LogP contribution is 2.25. The predicted octanol–water partition coefficient (Wildman–Crippen LogP) is 6.05. The summed E-state index contributed by atoms with van der Waals surface area (Å²) < 4.78 is 0. The first-order chi connectivity index (χ1) is 11.2. The van der Waals surface area contributed by atoms with Crippen LogP contribution in [0.25, 0.3) is 22.2 Å². The summed E-state index contributed by atoms with van der Waals surface area (Å²) >= 11 is 0. The highest BCUT2D eigenvalue weighted by molar-refractivity contribution is 5.81. The lowest BCUT2D eigenvalue weighted by molar-refractivity contribution is 0.646. The first-order valence-corrected chi connectivity index (χ1v) is 8.64. The van der Waals surface area contributed by atoms with Gasteiger partial charge in [0.25, 0.3) is 0 Å². The molecule has 0 aliphatic carbocycles. The maximum absolute atomic E-state index is 4.87. The molecule has 0 fully saturated rings. The zero-order valence-corrected chi connectivity index (χ0v) is 14.3. The molecule has 0 bridgehead atoms. The van der Waals surface area contributed by atoms with Gasteiger partial charge >= 0.3 is 0 Å². The summed E-state index contributed by atoms with van der Waals surface area (Å²) in [5, 5.41) is 1.20. The molecule has 3 aromatic rings. The largest absolute Gasteiger partial charge is 0.248 e. The maximum Gasteiger partial charge on any atom is 0.0709 e. The van der Waals surface area contributed by atoms with Crippen LogP contribution >= 0.6 is 0 Å². The molecule has 3 rings (SSSR count). The minimum Gasteiger partial charge on any atom is -0.248 e. The van der Waals surface area contributed by atoms with Crippen LogP contribution in [0.2, 0.25) is 0 Å². The van der Waals surface area contributed by atoms with Crippen molar-refractivity contribution in [3.8, 4) is 11.3 Å². The number of para-hydroxylation sites is 1. The SMILES string of the molecule is CCCc1cc(CC(C)C)cc(-c2ccc3ccccc3n2)c1. The van der Waals surface area contributed by atoms with E-state index in [1.807, 2.05) is 0 Å². The van der Waals surface area contributed by atoms with Crippen LogP contribution in [0.5, 0.6) is 0 Å². The molecule has 0 atom stereocenters. The minimum atomic E-state index is 0.671. The van der Waals surface area contributed by atoms with Crippen LogP contribution in [0.3, 0.4) is 0 Å². The van der Waals surface area contributed by atoms with Gasteiger partial charge in [0.15, 0.2) is 0 Å². The van der Waals surface area contributed by atoms with Crippen molar-refractivity contribution in [2.24, 2.45) is 5.92 Å². The first kappa shape index (κ1) is 15.7. The fourth-order valence-corrected chi connectivity index (χ4v) is 3.16. The second-order valence-electron chi connectivity index (χ2n) is 6.78. The molecule has 0 saturated heterocycles. The number of pyridine rings is 1. The van der Waals surface area contributed by atoms with E-state index in [0.717, 1.165) is 24.1 Å². The molecule has 0 amide bonds. The monoisotopic (exact) mass is 303 g/mol. The molecule has 0 unspecified atom stereocenters. The highest BCUT2D eigenvalue weighted by Gasteiger charge is 2.07. The van der Waals surface area contributed by atoms with Crippen molar-refractivity contribution in [2.75, 3.05) is 0 Å². The van der Waals surface area contributed by atoms with Crippen molar-refractivity contribution < 1.29 is 0 Å². The number of aryl methyl sites for hydroxylation is 1. The second kappa shape index (κ2) is 6.95. The third-order valence-corrected chi connectivity index (χ3v) is 4.13. The average molecular weight is 303 g/mol. The Hall–Kier alpha value is -2.15. The molecule has 23 heavy (non-hydrogen) atoms. The fraction of sp³-hybridized carbons (Fsp3) is 0.318. The molecule has 0 radical (unpaired) electrons. The van der Waals surface area contributed by atoms with Crippen LogP contribution in [0.4, 0.5) is 0 Å². The average Bonchev–Trinajstić information content (AvgIpc) is 2.54. The third-order valence-electron chi connectivity index (χ3n) is 4.13. The predicted molar refractivity (Wildman–Crippen MR) is 99.7 cm³/mol. The van der Waals surface area contributed by atoms with Gasteiger partial charge in [0.1, 0.15) is 0 Å². The summed E-state index contributed by atoms with van der Waals surface area (Å²) in [7, 11) is 0. The van der Waals surface area contributed by atoms with Crippen LogP contribution < -0.4 is 0 Å². The zero-order chi connectivity index (χ0) is 16.2. The molecular weight excluding hydrogens is 278 g/mol. The molecule has 1 heterocycles. The summed E-state index contributed by atoms with van der Waals surface area (Å²) in [6.07, 6.45) is 3.43. The standard InChI is InChI=1S/C22H25N/c1-4-7-17-13-18(12-16(2)3)15-20(14-17)22-11-10-19-8-5-6-9-21(19)23-22/h5-6,8-11,13-16H,4,7,12H2,1-3H3. The Balaban J connectivity index is 2.06. The van der Waals surface area contributed by atoms with Gasteiger partial charge in [-0.15, -0.1) is 0 Å². The highest BCUT2D eigenvalue weighted by atomic mass is 14.7. The lowest BCUT2D eigenvalue weighted by Crippen LogP contribution is -1.97. The Morgan fingerprint density at radius 1 is 0.913 bits per heavy atom. The number of hydrogen-bond acceptors (Lipinski definition) is 1. The van der Waals surface area contributed by atoms with E-state index in [1.54, 1.807) is 0 Å². The van der Waals surface area contributed by atoms with Gasteiger partial charge in [-0.25, -0.2) is 4.98 Å². The summed E-state index contributed by atoms with van der Waals surface area (Å²) in [6, 6.07) is 19.6.